The molecule has 0 bridgehead atoms. The van der Waals surface area contributed by atoms with Gasteiger partial charge in [0.15, 0.2) is 0 Å². The van der Waals surface area contributed by atoms with Crippen LogP contribution in [0.4, 0.5) is 16.2 Å². The molecule has 6 nitrogen and oxygen atoms in total. The second kappa shape index (κ2) is 12.4. The van der Waals surface area contributed by atoms with E-state index >= 15 is 0 Å². The van der Waals surface area contributed by atoms with E-state index in [0.29, 0.717) is 15.7 Å². The van der Waals surface area contributed by atoms with Crippen LogP contribution in [0.3, 0.4) is 0 Å². The van der Waals surface area contributed by atoms with Gasteiger partial charge in [-0.15, -0.1) is 0 Å². The highest BCUT2D eigenvalue weighted by Gasteiger charge is 2.26. The molecule has 164 valence electrons. The van der Waals surface area contributed by atoms with Crippen molar-refractivity contribution in [3.8, 4) is 0 Å². The lowest BCUT2D eigenvalue weighted by molar-refractivity contribution is -0.124. The first-order chi connectivity index (χ1) is 14.1. The Hall–Kier alpha value is -2.28. The maximum atomic E-state index is 12.0. The number of halogens is 2. The third kappa shape index (κ3) is 9.03. The van der Waals surface area contributed by atoms with Gasteiger partial charge in [0, 0.05) is 33.9 Å². The predicted molar refractivity (Wildman–Crippen MR) is 124 cm³/mol. The van der Waals surface area contributed by atoms with Gasteiger partial charge in [-0.1, -0.05) is 50.4 Å². The van der Waals surface area contributed by atoms with Crippen molar-refractivity contribution in [1.82, 2.24) is 5.06 Å². The molecular formula is C22H29Cl2N3O3. The number of hydrogen-bond acceptors (Lipinski definition) is 3. The molecule has 0 fully saturated rings. The lowest BCUT2D eigenvalue weighted by atomic mass is 9.87. The van der Waals surface area contributed by atoms with E-state index < -0.39 is 0 Å². The van der Waals surface area contributed by atoms with Crippen molar-refractivity contribution < 1.29 is 14.4 Å². The molecule has 8 heteroatoms. The molecule has 3 amide bonds. The molecule has 0 spiro atoms. The zero-order valence-electron chi connectivity index (χ0n) is 18.0. The molecule has 2 aromatic rings. The Morgan fingerprint density at radius 3 is 1.77 bits per heavy atom. The Morgan fingerprint density at radius 1 is 0.933 bits per heavy atom. The predicted octanol–water partition coefficient (Wildman–Crippen LogP) is 6.47. The van der Waals surface area contributed by atoms with E-state index in [2.05, 4.69) is 17.6 Å². The molecule has 0 unspecified atom stereocenters. The topological polar surface area (TPSA) is 70.7 Å². The molecule has 0 aliphatic heterocycles. The van der Waals surface area contributed by atoms with Crippen LogP contribution in [-0.4, -0.2) is 31.2 Å². The molecule has 0 saturated carbocycles. The summed E-state index contributed by atoms with van der Waals surface area (Å²) in [6.45, 7) is 6.00. The number of benzene rings is 2. The highest BCUT2D eigenvalue weighted by molar-refractivity contribution is 6.31. The number of urea groups is 1. The van der Waals surface area contributed by atoms with E-state index in [1.807, 2.05) is 26.0 Å². The Bertz CT molecular complexity index is 809. The third-order valence-electron chi connectivity index (χ3n) is 4.25. The van der Waals surface area contributed by atoms with Crippen LogP contribution in [0.2, 0.25) is 10.0 Å². The number of nitrogens with zero attached hydrogens (tertiary/aromatic N) is 1. The van der Waals surface area contributed by atoms with Gasteiger partial charge in [-0.25, -0.2) is 9.86 Å². The summed E-state index contributed by atoms with van der Waals surface area (Å²) in [7, 11) is 2.94. The summed E-state index contributed by atoms with van der Waals surface area (Å²) < 4.78 is 0. The van der Waals surface area contributed by atoms with Crippen molar-refractivity contribution in [2.45, 2.75) is 33.6 Å². The summed E-state index contributed by atoms with van der Waals surface area (Å²) >= 11 is 11.5. The first kappa shape index (κ1) is 25.8. The van der Waals surface area contributed by atoms with Crippen molar-refractivity contribution >= 4 is 46.5 Å². The third-order valence-corrected chi connectivity index (χ3v) is 4.75. The summed E-state index contributed by atoms with van der Waals surface area (Å²) in [5.41, 5.74) is 1.14. The van der Waals surface area contributed by atoms with Gasteiger partial charge in [-0.05, 0) is 55.0 Å². The van der Waals surface area contributed by atoms with Gasteiger partial charge in [-0.2, -0.15) is 0 Å². The van der Waals surface area contributed by atoms with E-state index in [4.69, 9.17) is 28.0 Å². The van der Waals surface area contributed by atoms with Gasteiger partial charge in [-0.3, -0.25) is 9.63 Å². The molecule has 0 atom stereocenters. The molecule has 2 N–H and O–H groups in total. The number of rotatable bonds is 6. The smallest absolute Gasteiger partial charge is 0.326 e. The van der Waals surface area contributed by atoms with Crippen molar-refractivity contribution in [2.75, 3.05) is 24.8 Å². The fourth-order valence-corrected chi connectivity index (χ4v) is 2.64. The van der Waals surface area contributed by atoms with Crippen LogP contribution in [0, 0.1) is 5.41 Å². The average molecular weight is 454 g/mol. The first-order valence-electron chi connectivity index (χ1n) is 9.50. The zero-order valence-corrected chi connectivity index (χ0v) is 19.5. The number of anilines is 2. The van der Waals surface area contributed by atoms with Crippen LogP contribution in [0.5, 0.6) is 0 Å². The molecule has 2 rings (SSSR count). The van der Waals surface area contributed by atoms with E-state index in [1.165, 1.54) is 14.2 Å². The lowest BCUT2D eigenvalue weighted by Crippen LogP contribution is -2.30. The Balaban J connectivity index is 0.000000303. The zero-order chi connectivity index (χ0) is 22.7. The first-order valence-corrected chi connectivity index (χ1v) is 10.3. The molecule has 0 heterocycles. The molecule has 0 radical (unpaired) electrons. The maximum Gasteiger partial charge on any atom is 0.345 e. The second-order valence-electron chi connectivity index (χ2n) is 7.21. The minimum Gasteiger partial charge on any atom is -0.326 e. The largest absolute Gasteiger partial charge is 0.345 e. The number of amides is 3. The van der Waals surface area contributed by atoms with Gasteiger partial charge in [0.25, 0.3) is 0 Å². The Labute approximate surface area is 188 Å². The highest BCUT2D eigenvalue weighted by atomic mass is 35.5. The summed E-state index contributed by atoms with van der Waals surface area (Å²) in [6, 6.07) is 13.6. The maximum absolute atomic E-state index is 12.0. The van der Waals surface area contributed by atoms with Gasteiger partial charge in [0.05, 0.1) is 7.11 Å². The Morgan fingerprint density at radius 2 is 1.37 bits per heavy atom. The summed E-state index contributed by atoms with van der Waals surface area (Å²) in [5.74, 6) is 0.0525. The van der Waals surface area contributed by atoms with E-state index in [0.717, 1.165) is 23.6 Å². The summed E-state index contributed by atoms with van der Waals surface area (Å²) in [4.78, 5) is 28.0. The van der Waals surface area contributed by atoms with Crippen molar-refractivity contribution in [3.63, 3.8) is 0 Å². The molecule has 0 aliphatic rings. The molecular weight excluding hydrogens is 425 g/mol. The van der Waals surface area contributed by atoms with Crippen LogP contribution in [0.15, 0.2) is 48.5 Å². The summed E-state index contributed by atoms with van der Waals surface area (Å²) in [5, 5.41) is 7.91. The molecule has 0 aliphatic carbocycles. The molecule has 30 heavy (non-hydrogen) atoms. The quantitative estimate of drug-likeness (QED) is 0.492. The van der Waals surface area contributed by atoms with Crippen LogP contribution in [0.25, 0.3) is 0 Å². The van der Waals surface area contributed by atoms with E-state index in [9.17, 15) is 9.59 Å². The summed E-state index contributed by atoms with van der Waals surface area (Å²) in [6.07, 6.45) is 1.88. The van der Waals surface area contributed by atoms with Gasteiger partial charge < -0.3 is 10.6 Å². The fraction of sp³-hybridized carbons (Fsp3) is 0.364. The minimum absolute atomic E-state index is 0.0525. The van der Waals surface area contributed by atoms with E-state index in [1.54, 1.807) is 36.4 Å². The normalized spacial score (nSPS) is 10.5. The minimum atomic E-state index is -0.338. The van der Waals surface area contributed by atoms with Crippen molar-refractivity contribution in [1.29, 1.82) is 0 Å². The average Bonchev–Trinajstić information content (AvgIpc) is 2.71. The standard InChI is InChI=1S/C13H18ClNO.C9H11ClN2O2/c1-4-9-13(2,3)12(16)15-11-7-5-10(14)6-8-11;1-12(14-2)9(13)11-8-5-3-7(10)4-6-8/h5-8H,4,9H2,1-3H3,(H,15,16);3-6H,1-2H3,(H,11,13). The lowest BCUT2D eigenvalue weighted by Gasteiger charge is -2.22. The van der Waals surface area contributed by atoms with Crippen LogP contribution >= 0.6 is 23.2 Å². The fourth-order valence-electron chi connectivity index (χ4n) is 2.39. The number of nitrogens with one attached hydrogen (secondary N) is 2. The number of carbonyl (C=O) groups is 2. The van der Waals surface area contributed by atoms with Gasteiger partial charge >= 0.3 is 6.03 Å². The number of carbonyl (C=O) groups excluding carboxylic acids is 2. The number of hydrogen-bond donors (Lipinski definition) is 2. The van der Waals surface area contributed by atoms with Crippen molar-refractivity contribution in [3.05, 3.63) is 58.6 Å². The molecule has 2 aromatic carbocycles. The van der Waals surface area contributed by atoms with Gasteiger partial charge in [0.1, 0.15) is 0 Å². The SMILES string of the molecule is CCCC(C)(C)C(=O)Nc1ccc(Cl)cc1.CON(C)C(=O)Nc1ccc(Cl)cc1. The van der Waals surface area contributed by atoms with Crippen LogP contribution in [-0.2, 0) is 9.63 Å². The molecule has 0 saturated heterocycles. The second-order valence-corrected chi connectivity index (χ2v) is 8.08. The highest BCUT2D eigenvalue weighted by Crippen LogP contribution is 2.24. The molecule has 0 aromatic heterocycles. The van der Waals surface area contributed by atoms with Crippen LogP contribution < -0.4 is 10.6 Å². The monoisotopic (exact) mass is 453 g/mol. The number of hydroxylamine groups is 2. The van der Waals surface area contributed by atoms with Gasteiger partial charge in [0.2, 0.25) is 5.91 Å². The van der Waals surface area contributed by atoms with Crippen LogP contribution in [0.1, 0.15) is 33.6 Å². The Kier molecular flexibility index (Phi) is 10.7. The van der Waals surface area contributed by atoms with E-state index in [-0.39, 0.29) is 17.4 Å². The van der Waals surface area contributed by atoms with Crippen molar-refractivity contribution in [2.24, 2.45) is 5.41 Å².